The molecule has 0 heterocycles. The molecule has 0 radical (unpaired) electrons. The van der Waals surface area contributed by atoms with Gasteiger partial charge < -0.3 is 16.2 Å². The minimum Gasteiger partial charge on any atom is -0.491 e. The molecule has 0 saturated carbocycles. The zero-order chi connectivity index (χ0) is 19.6. The molecule has 27 heavy (non-hydrogen) atoms. The molecule has 3 heteroatoms. The van der Waals surface area contributed by atoms with Gasteiger partial charge in [0.1, 0.15) is 5.75 Å². The minimum atomic E-state index is 0.627. The van der Waals surface area contributed by atoms with E-state index in [1.165, 1.54) is 57.8 Å². The molecule has 2 aromatic carbocycles. The molecule has 0 aliphatic rings. The summed E-state index contributed by atoms with van der Waals surface area (Å²) in [6.07, 6.45) is 13.3. The van der Waals surface area contributed by atoms with Crippen LogP contribution in [0.3, 0.4) is 0 Å². The van der Waals surface area contributed by atoms with Crippen molar-refractivity contribution in [2.45, 2.75) is 71.1 Å². The SMILES string of the molecule is CCCCCCCCCCCCOc1ccc(N)cc1N.c1ccccc1. The number of benzene rings is 2. The summed E-state index contributed by atoms with van der Waals surface area (Å²) in [6.45, 7) is 3.00. The van der Waals surface area contributed by atoms with E-state index >= 15 is 0 Å². The van der Waals surface area contributed by atoms with Crippen LogP contribution in [0.15, 0.2) is 54.6 Å². The van der Waals surface area contributed by atoms with E-state index in [4.69, 9.17) is 16.2 Å². The Hall–Kier alpha value is -2.16. The summed E-state index contributed by atoms with van der Waals surface area (Å²) in [6, 6.07) is 17.4. The minimum absolute atomic E-state index is 0.627. The van der Waals surface area contributed by atoms with E-state index in [0.29, 0.717) is 11.4 Å². The van der Waals surface area contributed by atoms with Crippen LogP contribution in [0.5, 0.6) is 5.75 Å². The molecule has 0 atom stereocenters. The van der Waals surface area contributed by atoms with Crippen molar-refractivity contribution in [2.75, 3.05) is 18.1 Å². The van der Waals surface area contributed by atoms with Crippen LogP contribution in [0.4, 0.5) is 11.4 Å². The molecule has 4 N–H and O–H groups in total. The Balaban J connectivity index is 0.000000511. The lowest BCUT2D eigenvalue weighted by molar-refractivity contribution is 0.306. The normalized spacial score (nSPS) is 10.1. The van der Waals surface area contributed by atoms with E-state index in [-0.39, 0.29) is 0 Å². The molecule has 0 bridgehead atoms. The van der Waals surface area contributed by atoms with Gasteiger partial charge in [-0.2, -0.15) is 0 Å². The van der Waals surface area contributed by atoms with Gasteiger partial charge in [-0.05, 0) is 24.6 Å². The molecule has 0 saturated heterocycles. The molecule has 0 amide bonds. The highest BCUT2D eigenvalue weighted by atomic mass is 16.5. The first-order valence-corrected chi connectivity index (χ1v) is 10.5. The highest BCUT2D eigenvalue weighted by Gasteiger charge is 2.00. The number of unbranched alkanes of at least 4 members (excludes halogenated alkanes) is 9. The fraction of sp³-hybridized carbons (Fsp3) is 0.500. The van der Waals surface area contributed by atoms with Crippen LogP contribution in [0.1, 0.15) is 71.1 Å². The Kier molecular flexibility index (Phi) is 13.6. The predicted octanol–water partition coefficient (Wildman–Crippen LogP) is 6.84. The second-order valence-corrected chi connectivity index (χ2v) is 6.98. The Bertz CT molecular complexity index is 545. The smallest absolute Gasteiger partial charge is 0.142 e. The average molecular weight is 371 g/mol. The summed E-state index contributed by atoms with van der Waals surface area (Å²) in [5, 5.41) is 0. The van der Waals surface area contributed by atoms with E-state index in [1.54, 1.807) is 6.07 Å². The van der Waals surface area contributed by atoms with Crippen molar-refractivity contribution in [1.82, 2.24) is 0 Å². The zero-order valence-electron chi connectivity index (χ0n) is 17.0. The summed E-state index contributed by atoms with van der Waals surface area (Å²) in [5.74, 6) is 0.750. The van der Waals surface area contributed by atoms with E-state index in [9.17, 15) is 0 Å². The van der Waals surface area contributed by atoms with Crippen molar-refractivity contribution >= 4 is 11.4 Å². The van der Waals surface area contributed by atoms with Gasteiger partial charge in [0, 0.05) is 5.69 Å². The molecule has 2 aromatic rings. The van der Waals surface area contributed by atoms with E-state index in [0.717, 1.165) is 18.8 Å². The zero-order valence-corrected chi connectivity index (χ0v) is 17.0. The summed E-state index contributed by atoms with van der Waals surface area (Å²) in [7, 11) is 0. The number of rotatable bonds is 12. The van der Waals surface area contributed by atoms with Gasteiger partial charge in [0.05, 0.1) is 12.3 Å². The number of nitrogen functional groups attached to an aromatic ring is 2. The van der Waals surface area contributed by atoms with Gasteiger partial charge in [0.15, 0.2) is 0 Å². The third-order valence-electron chi connectivity index (χ3n) is 4.46. The van der Waals surface area contributed by atoms with Crippen molar-refractivity contribution in [1.29, 1.82) is 0 Å². The third-order valence-corrected chi connectivity index (χ3v) is 4.46. The van der Waals surface area contributed by atoms with Crippen LogP contribution in [0, 0.1) is 0 Å². The average Bonchev–Trinajstić information content (AvgIpc) is 2.69. The Morgan fingerprint density at radius 1 is 0.667 bits per heavy atom. The van der Waals surface area contributed by atoms with Crippen LogP contribution in [0.25, 0.3) is 0 Å². The van der Waals surface area contributed by atoms with Gasteiger partial charge in [0.2, 0.25) is 0 Å². The van der Waals surface area contributed by atoms with Crippen LogP contribution >= 0.6 is 0 Å². The number of ether oxygens (including phenoxy) is 1. The molecule has 150 valence electrons. The Morgan fingerprint density at radius 3 is 1.63 bits per heavy atom. The van der Waals surface area contributed by atoms with Crippen molar-refractivity contribution in [2.24, 2.45) is 0 Å². The van der Waals surface area contributed by atoms with Gasteiger partial charge in [-0.15, -0.1) is 0 Å². The van der Waals surface area contributed by atoms with Gasteiger partial charge in [-0.25, -0.2) is 0 Å². The second kappa shape index (κ2) is 16.0. The fourth-order valence-electron chi connectivity index (χ4n) is 2.85. The topological polar surface area (TPSA) is 61.3 Å². The molecule has 3 nitrogen and oxygen atoms in total. The first-order valence-electron chi connectivity index (χ1n) is 10.5. The summed E-state index contributed by atoms with van der Waals surface area (Å²) in [5.41, 5.74) is 12.8. The maximum absolute atomic E-state index is 5.85. The van der Waals surface area contributed by atoms with Gasteiger partial charge in [0.25, 0.3) is 0 Å². The van der Waals surface area contributed by atoms with Gasteiger partial charge >= 0.3 is 0 Å². The van der Waals surface area contributed by atoms with Crippen molar-refractivity contribution < 1.29 is 4.74 Å². The molecule has 0 aromatic heterocycles. The summed E-state index contributed by atoms with van der Waals surface area (Å²) >= 11 is 0. The number of anilines is 2. The first-order chi connectivity index (χ1) is 13.2. The highest BCUT2D eigenvalue weighted by Crippen LogP contribution is 2.23. The lowest BCUT2D eigenvalue weighted by atomic mass is 10.1. The van der Waals surface area contributed by atoms with Crippen molar-refractivity contribution in [3.8, 4) is 5.75 Å². The molecule has 0 aliphatic carbocycles. The first kappa shape index (κ1) is 22.9. The maximum Gasteiger partial charge on any atom is 0.142 e. The van der Waals surface area contributed by atoms with E-state index in [1.807, 2.05) is 48.5 Å². The lowest BCUT2D eigenvalue weighted by Gasteiger charge is -2.09. The Morgan fingerprint density at radius 2 is 1.15 bits per heavy atom. The monoisotopic (exact) mass is 370 g/mol. The number of hydrogen-bond acceptors (Lipinski definition) is 3. The Labute approximate surface area is 166 Å². The maximum atomic E-state index is 5.85. The van der Waals surface area contributed by atoms with Crippen molar-refractivity contribution in [3.63, 3.8) is 0 Å². The number of hydrogen-bond donors (Lipinski definition) is 2. The molecule has 0 fully saturated rings. The molecular weight excluding hydrogens is 332 g/mol. The van der Waals surface area contributed by atoms with Crippen molar-refractivity contribution in [3.05, 3.63) is 54.6 Å². The third kappa shape index (κ3) is 12.8. The van der Waals surface area contributed by atoms with E-state index in [2.05, 4.69) is 6.92 Å². The van der Waals surface area contributed by atoms with Crippen LogP contribution in [-0.2, 0) is 0 Å². The van der Waals surface area contributed by atoms with Gasteiger partial charge in [-0.1, -0.05) is 101 Å². The highest BCUT2D eigenvalue weighted by molar-refractivity contribution is 5.60. The standard InChI is InChI=1S/C18H32N2O.C6H6/c1-2-3-4-5-6-7-8-9-10-11-14-21-18-13-12-16(19)15-17(18)20;1-2-4-6-5-3-1/h12-13,15H,2-11,14,19-20H2,1H3;1-6H. The van der Waals surface area contributed by atoms with Crippen LogP contribution < -0.4 is 16.2 Å². The van der Waals surface area contributed by atoms with E-state index < -0.39 is 0 Å². The molecule has 0 aliphatic heterocycles. The number of nitrogens with two attached hydrogens (primary N) is 2. The largest absolute Gasteiger partial charge is 0.491 e. The molecule has 2 rings (SSSR count). The second-order valence-electron chi connectivity index (χ2n) is 6.98. The molecule has 0 unspecified atom stereocenters. The fourth-order valence-corrected chi connectivity index (χ4v) is 2.85. The summed E-state index contributed by atoms with van der Waals surface area (Å²) < 4.78 is 5.68. The van der Waals surface area contributed by atoms with Crippen LogP contribution in [0.2, 0.25) is 0 Å². The molecule has 0 spiro atoms. The quantitative estimate of drug-likeness (QED) is 0.318. The predicted molar refractivity (Wildman–Crippen MR) is 119 cm³/mol. The van der Waals surface area contributed by atoms with Gasteiger partial charge in [-0.3, -0.25) is 0 Å². The lowest BCUT2D eigenvalue weighted by Crippen LogP contribution is -2.01. The molecular formula is C24H38N2O. The van der Waals surface area contributed by atoms with Crippen LogP contribution in [-0.4, -0.2) is 6.61 Å². The summed E-state index contributed by atoms with van der Waals surface area (Å²) in [4.78, 5) is 0.